The van der Waals surface area contributed by atoms with Crippen molar-refractivity contribution >= 4 is 11.8 Å². The second-order valence-corrected chi connectivity index (χ2v) is 7.70. The molecular formula is C22H25F2N3O2. The number of halogens is 2. The Hall–Kier alpha value is -2.83. The second kappa shape index (κ2) is 8.68. The molecule has 1 aliphatic heterocycles. The van der Waals surface area contributed by atoms with Gasteiger partial charge in [0.05, 0.1) is 16.8 Å². The highest BCUT2D eigenvalue weighted by Gasteiger charge is 2.29. The van der Waals surface area contributed by atoms with Gasteiger partial charge in [0.15, 0.2) is 0 Å². The lowest BCUT2D eigenvalue weighted by atomic mass is 9.89. The van der Waals surface area contributed by atoms with Crippen molar-refractivity contribution < 1.29 is 18.4 Å². The molecule has 7 heteroatoms. The van der Waals surface area contributed by atoms with Crippen LogP contribution in [-0.2, 0) is 0 Å². The maximum atomic E-state index is 13.9. The van der Waals surface area contributed by atoms with Crippen LogP contribution in [0, 0.1) is 18.6 Å². The Morgan fingerprint density at radius 2 is 1.76 bits per heavy atom. The number of nitrogens with one attached hydrogen (secondary N) is 1. The average molecular weight is 401 g/mol. The maximum absolute atomic E-state index is 13.9. The molecular weight excluding hydrogens is 376 g/mol. The number of aryl methyl sites for hydroxylation is 1. The third-order valence-electron chi connectivity index (χ3n) is 5.06. The van der Waals surface area contributed by atoms with E-state index in [2.05, 4.69) is 10.3 Å². The molecule has 3 rings (SSSR count). The summed E-state index contributed by atoms with van der Waals surface area (Å²) >= 11 is 0. The molecule has 0 aliphatic carbocycles. The first-order valence-electron chi connectivity index (χ1n) is 9.79. The predicted molar refractivity (Wildman–Crippen MR) is 106 cm³/mol. The number of piperidine rings is 1. The standard InChI is InChI=1S/C22H25F2N3O2/c1-13(2)25-21(28)18-6-4-14(3)26-20(18)15-8-10-27(11-9-15)22(29)17-7-5-16(23)12-19(17)24/h4-7,12-13,15H,8-11H2,1-3H3,(H,25,28). The quantitative estimate of drug-likeness (QED) is 0.847. The highest BCUT2D eigenvalue weighted by Crippen LogP contribution is 2.30. The Kier molecular flexibility index (Phi) is 6.25. The Morgan fingerprint density at radius 3 is 2.38 bits per heavy atom. The first-order valence-corrected chi connectivity index (χ1v) is 9.79. The number of hydrogen-bond acceptors (Lipinski definition) is 3. The van der Waals surface area contributed by atoms with Crippen molar-refractivity contribution in [3.8, 4) is 0 Å². The summed E-state index contributed by atoms with van der Waals surface area (Å²) < 4.78 is 27.0. The van der Waals surface area contributed by atoms with E-state index in [-0.39, 0.29) is 23.4 Å². The third-order valence-corrected chi connectivity index (χ3v) is 5.06. The van der Waals surface area contributed by atoms with Crippen LogP contribution in [0.2, 0.25) is 0 Å². The van der Waals surface area contributed by atoms with E-state index in [1.807, 2.05) is 26.8 Å². The first kappa shape index (κ1) is 20.9. The minimum atomic E-state index is -0.856. The zero-order valence-electron chi connectivity index (χ0n) is 16.8. The first-order chi connectivity index (χ1) is 13.8. The number of aromatic nitrogens is 1. The summed E-state index contributed by atoms with van der Waals surface area (Å²) in [7, 11) is 0. The molecule has 1 aliphatic rings. The molecule has 0 spiro atoms. The zero-order valence-corrected chi connectivity index (χ0v) is 16.8. The van der Waals surface area contributed by atoms with Crippen molar-refractivity contribution in [1.29, 1.82) is 0 Å². The fourth-order valence-corrected chi connectivity index (χ4v) is 3.61. The van der Waals surface area contributed by atoms with Crippen LogP contribution in [0.4, 0.5) is 8.78 Å². The monoisotopic (exact) mass is 401 g/mol. The molecule has 1 saturated heterocycles. The fraction of sp³-hybridized carbons (Fsp3) is 0.409. The topological polar surface area (TPSA) is 62.3 Å². The van der Waals surface area contributed by atoms with Crippen LogP contribution in [-0.4, -0.2) is 40.8 Å². The smallest absolute Gasteiger partial charge is 0.256 e. The van der Waals surface area contributed by atoms with Crippen LogP contribution in [0.15, 0.2) is 30.3 Å². The Labute approximate surface area is 169 Å². The van der Waals surface area contributed by atoms with E-state index in [0.717, 1.165) is 23.5 Å². The number of benzene rings is 1. The van der Waals surface area contributed by atoms with Gasteiger partial charge < -0.3 is 10.2 Å². The number of pyridine rings is 1. The highest BCUT2D eigenvalue weighted by molar-refractivity contribution is 5.96. The summed E-state index contributed by atoms with van der Waals surface area (Å²) in [6, 6.07) is 6.60. The Bertz CT molecular complexity index is 922. The normalized spacial score (nSPS) is 14.9. The van der Waals surface area contributed by atoms with Gasteiger partial charge in [-0.1, -0.05) is 0 Å². The Balaban J connectivity index is 1.74. The molecule has 1 fully saturated rings. The largest absolute Gasteiger partial charge is 0.350 e. The van der Waals surface area contributed by atoms with Gasteiger partial charge in [-0.25, -0.2) is 8.78 Å². The number of carbonyl (C=O) groups is 2. The van der Waals surface area contributed by atoms with E-state index in [1.165, 1.54) is 6.07 Å². The molecule has 5 nitrogen and oxygen atoms in total. The molecule has 0 bridgehead atoms. The van der Waals surface area contributed by atoms with E-state index < -0.39 is 17.5 Å². The zero-order chi connectivity index (χ0) is 21.1. The molecule has 0 radical (unpaired) electrons. The summed E-state index contributed by atoms with van der Waals surface area (Å²) in [5, 5.41) is 2.90. The van der Waals surface area contributed by atoms with Crippen LogP contribution in [0.3, 0.4) is 0 Å². The highest BCUT2D eigenvalue weighted by atomic mass is 19.1. The number of rotatable bonds is 4. The number of hydrogen-bond donors (Lipinski definition) is 1. The molecule has 0 atom stereocenters. The van der Waals surface area contributed by atoms with Gasteiger partial charge in [-0.05, 0) is 57.9 Å². The van der Waals surface area contributed by atoms with Gasteiger partial charge in [0.1, 0.15) is 11.6 Å². The van der Waals surface area contributed by atoms with Gasteiger partial charge in [-0.15, -0.1) is 0 Å². The molecule has 2 heterocycles. The van der Waals surface area contributed by atoms with Gasteiger partial charge >= 0.3 is 0 Å². The van der Waals surface area contributed by atoms with E-state index in [9.17, 15) is 18.4 Å². The average Bonchev–Trinajstić information content (AvgIpc) is 2.67. The maximum Gasteiger partial charge on any atom is 0.256 e. The SMILES string of the molecule is Cc1ccc(C(=O)NC(C)C)c(C2CCN(C(=O)c3ccc(F)cc3F)CC2)n1. The molecule has 0 unspecified atom stereocenters. The van der Waals surface area contributed by atoms with Gasteiger partial charge in [0.25, 0.3) is 11.8 Å². The van der Waals surface area contributed by atoms with E-state index in [0.29, 0.717) is 31.5 Å². The molecule has 1 N–H and O–H groups in total. The summed E-state index contributed by atoms with van der Waals surface area (Å²) in [6.45, 7) is 6.52. The van der Waals surface area contributed by atoms with Crippen LogP contribution < -0.4 is 5.32 Å². The van der Waals surface area contributed by atoms with Crippen molar-refractivity contribution in [3.05, 3.63) is 64.5 Å². The number of likely N-dealkylation sites (tertiary alicyclic amines) is 1. The molecule has 0 saturated carbocycles. The summed E-state index contributed by atoms with van der Waals surface area (Å²) in [5.41, 5.74) is 1.99. The van der Waals surface area contributed by atoms with Crippen molar-refractivity contribution in [3.63, 3.8) is 0 Å². The van der Waals surface area contributed by atoms with E-state index in [1.54, 1.807) is 11.0 Å². The molecule has 2 amide bonds. The fourth-order valence-electron chi connectivity index (χ4n) is 3.61. The molecule has 154 valence electrons. The summed E-state index contributed by atoms with van der Waals surface area (Å²) in [6.07, 6.45) is 1.24. The van der Waals surface area contributed by atoms with Crippen molar-refractivity contribution in [2.75, 3.05) is 13.1 Å². The lowest BCUT2D eigenvalue weighted by molar-refractivity contribution is 0.0705. The van der Waals surface area contributed by atoms with Crippen molar-refractivity contribution in [2.24, 2.45) is 0 Å². The van der Waals surface area contributed by atoms with E-state index >= 15 is 0 Å². The Morgan fingerprint density at radius 1 is 1.10 bits per heavy atom. The van der Waals surface area contributed by atoms with Crippen molar-refractivity contribution in [1.82, 2.24) is 15.2 Å². The van der Waals surface area contributed by atoms with Crippen molar-refractivity contribution in [2.45, 2.75) is 45.6 Å². The number of carbonyl (C=O) groups excluding carboxylic acids is 2. The van der Waals surface area contributed by atoms with Crippen LogP contribution in [0.5, 0.6) is 0 Å². The van der Waals surface area contributed by atoms with Crippen LogP contribution in [0.25, 0.3) is 0 Å². The third kappa shape index (κ3) is 4.78. The summed E-state index contributed by atoms with van der Waals surface area (Å²) in [4.78, 5) is 31.4. The minimum absolute atomic E-state index is 0.0155. The predicted octanol–water partition coefficient (Wildman–Crippen LogP) is 3.83. The summed E-state index contributed by atoms with van der Waals surface area (Å²) in [5.74, 6) is -2.14. The molecule has 1 aromatic carbocycles. The minimum Gasteiger partial charge on any atom is -0.350 e. The van der Waals surface area contributed by atoms with E-state index in [4.69, 9.17) is 0 Å². The van der Waals surface area contributed by atoms with Crippen LogP contribution in [0.1, 0.15) is 64.7 Å². The van der Waals surface area contributed by atoms with Gasteiger partial charge in [0, 0.05) is 36.8 Å². The number of amides is 2. The number of nitrogens with zero attached hydrogens (tertiary/aromatic N) is 2. The molecule has 2 aromatic rings. The molecule has 29 heavy (non-hydrogen) atoms. The van der Waals surface area contributed by atoms with Crippen LogP contribution >= 0.6 is 0 Å². The van der Waals surface area contributed by atoms with Gasteiger partial charge in [-0.2, -0.15) is 0 Å². The lowest BCUT2D eigenvalue weighted by Gasteiger charge is -2.32. The van der Waals surface area contributed by atoms with Gasteiger partial charge in [0.2, 0.25) is 0 Å². The molecule has 1 aromatic heterocycles. The lowest BCUT2D eigenvalue weighted by Crippen LogP contribution is -2.39. The second-order valence-electron chi connectivity index (χ2n) is 7.70. The van der Waals surface area contributed by atoms with Gasteiger partial charge in [-0.3, -0.25) is 14.6 Å².